The van der Waals surface area contributed by atoms with Crippen molar-refractivity contribution in [3.8, 4) is 0 Å². The molecule has 1 aromatic carbocycles. The molecule has 1 atom stereocenters. The van der Waals surface area contributed by atoms with E-state index in [1.54, 1.807) is 18.2 Å². The minimum Gasteiger partial charge on any atom is -0.389 e. The number of nitrogens with zero attached hydrogens (tertiary/aromatic N) is 2. The van der Waals surface area contributed by atoms with Crippen molar-refractivity contribution < 1.29 is 9.90 Å². The number of carbonyl (C=O) groups is 1. The molecule has 2 N–H and O–H groups in total. The number of aliphatic hydroxyl groups is 1. The Kier molecular flexibility index (Phi) is 6.51. The van der Waals surface area contributed by atoms with Crippen molar-refractivity contribution in [2.45, 2.75) is 32.4 Å². The number of piperazine rings is 1. The predicted octanol–water partition coefficient (Wildman–Crippen LogP) is 2.71. The minimum atomic E-state index is -0.700. The van der Waals surface area contributed by atoms with E-state index in [4.69, 9.17) is 23.2 Å². The number of halogens is 2. The molecule has 1 unspecified atom stereocenters. The van der Waals surface area contributed by atoms with Crippen LogP contribution in [0.1, 0.15) is 20.8 Å². The van der Waals surface area contributed by atoms with Crippen molar-refractivity contribution >= 4 is 34.8 Å². The molecule has 24 heavy (non-hydrogen) atoms. The molecule has 0 aromatic heterocycles. The Morgan fingerprint density at radius 1 is 1.29 bits per heavy atom. The van der Waals surface area contributed by atoms with Crippen molar-refractivity contribution in [1.29, 1.82) is 0 Å². The zero-order valence-electron chi connectivity index (χ0n) is 14.4. The van der Waals surface area contributed by atoms with Crippen LogP contribution in [0.5, 0.6) is 0 Å². The van der Waals surface area contributed by atoms with E-state index in [0.717, 1.165) is 26.2 Å². The van der Waals surface area contributed by atoms with Crippen LogP contribution in [0, 0.1) is 0 Å². The number of hydrogen-bond acceptors (Lipinski definition) is 4. The molecule has 134 valence electrons. The third kappa shape index (κ3) is 5.60. The number of carbonyl (C=O) groups excluding carboxylic acids is 1. The van der Waals surface area contributed by atoms with E-state index >= 15 is 0 Å². The van der Waals surface area contributed by atoms with Crippen LogP contribution in [0.3, 0.4) is 0 Å². The number of amides is 1. The van der Waals surface area contributed by atoms with Gasteiger partial charge in [0.25, 0.3) is 0 Å². The highest BCUT2D eigenvalue weighted by molar-refractivity contribution is 6.35. The van der Waals surface area contributed by atoms with Crippen LogP contribution < -0.4 is 5.32 Å². The van der Waals surface area contributed by atoms with Crippen LogP contribution >= 0.6 is 23.2 Å². The lowest BCUT2D eigenvalue weighted by atomic mass is 10.1. The Morgan fingerprint density at radius 3 is 2.50 bits per heavy atom. The third-order valence-electron chi connectivity index (χ3n) is 4.13. The van der Waals surface area contributed by atoms with E-state index in [0.29, 0.717) is 22.3 Å². The van der Waals surface area contributed by atoms with Gasteiger partial charge in [0.1, 0.15) is 0 Å². The zero-order valence-corrected chi connectivity index (χ0v) is 15.9. The molecule has 0 radical (unpaired) electrons. The molecule has 7 heteroatoms. The molecule has 2 rings (SSSR count). The molecular weight excluding hydrogens is 349 g/mol. The van der Waals surface area contributed by atoms with Crippen molar-refractivity contribution in [2.24, 2.45) is 0 Å². The van der Waals surface area contributed by atoms with Gasteiger partial charge in [0, 0.05) is 37.7 Å². The second kappa shape index (κ2) is 8.02. The molecule has 1 heterocycles. The van der Waals surface area contributed by atoms with Crippen LogP contribution in [-0.4, -0.2) is 65.2 Å². The van der Waals surface area contributed by atoms with E-state index in [1.165, 1.54) is 0 Å². The van der Waals surface area contributed by atoms with Crippen molar-refractivity contribution in [3.05, 3.63) is 28.2 Å². The molecule has 5 nitrogen and oxygen atoms in total. The third-order valence-corrected chi connectivity index (χ3v) is 4.70. The Morgan fingerprint density at radius 2 is 1.92 bits per heavy atom. The summed E-state index contributed by atoms with van der Waals surface area (Å²) in [7, 11) is 0. The van der Waals surface area contributed by atoms with Crippen LogP contribution in [0.4, 0.5) is 5.69 Å². The van der Waals surface area contributed by atoms with E-state index in [9.17, 15) is 9.90 Å². The number of benzene rings is 1. The lowest BCUT2D eigenvalue weighted by Crippen LogP contribution is -2.54. The summed E-state index contributed by atoms with van der Waals surface area (Å²) in [6, 6.07) is 4.74. The van der Waals surface area contributed by atoms with E-state index in [1.807, 2.05) is 20.8 Å². The maximum absolute atomic E-state index is 12.5. The molecule has 1 fully saturated rings. The Labute approximate surface area is 153 Å². The first-order chi connectivity index (χ1) is 11.2. The van der Waals surface area contributed by atoms with Gasteiger partial charge in [0.2, 0.25) is 5.91 Å². The molecule has 1 saturated heterocycles. The van der Waals surface area contributed by atoms with Crippen molar-refractivity contribution in [3.63, 3.8) is 0 Å². The first-order valence-corrected chi connectivity index (χ1v) is 8.86. The van der Waals surface area contributed by atoms with Gasteiger partial charge in [-0.15, -0.1) is 0 Å². The highest BCUT2D eigenvalue weighted by atomic mass is 35.5. The summed E-state index contributed by atoms with van der Waals surface area (Å²) < 4.78 is 0. The summed E-state index contributed by atoms with van der Waals surface area (Å²) in [4.78, 5) is 16.8. The molecule has 0 saturated carbocycles. The molecule has 1 aliphatic rings. The van der Waals surface area contributed by atoms with Gasteiger partial charge < -0.3 is 10.4 Å². The van der Waals surface area contributed by atoms with Gasteiger partial charge in [-0.05, 0) is 39.0 Å². The number of hydrogen-bond donors (Lipinski definition) is 2. The summed E-state index contributed by atoms with van der Waals surface area (Å²) >= 11 is 12.0. The van der Waals surface area contributed by atoms with Gasteiger partial charge in [-0.3, -0.25) is 14.6 Å². The van der Waals surface area contributed by atoms with E-state index in [-0.39, 0.29) is 11.9 Å². The summed E-state index contributed by atoms with van der Waals surface area (Å²) in [5.41, 5.74) is -0.171. The molecule has 1 aliphatic heterocycles. The standard InChI is InChI=1S/C17H25Cl2N3O2/c1-12(16(23)20-15-10-13(18)4-5-14(15)19)22-8-6-21(7-9-22)11-17(2,3)24/h4-5,10,12,24H,6-9,11H2,1-3H3,(H,20,23). The van der Waals surface area contributed by atoms with Gasteiger partial charge in [-0.25, -0.2) is 0 Å². The summed E-state index contributed by atoms with van der Waals surface area (Å²) in [6.07, 6.45) is 0. The number of nitrogens with one attached hydrogen (secondary N) is 1. The van der Waals surface area contributed by atoms with Crippen molar-refractivity contribution in [2.75, 3.05) is 38.0 Å². The van der Waals surface area contributed by atoms with Crippen molar-refractivity contribution in [1.82, 2.24) is 9.80 Å². The minimum absolute atomic E-state index is 0.102. The fourth-order valence-electron chi connectivity index (χ4n) is 2.85. The Balaban J connectivity index is 1.89. The monoisotopic (exact) mass is 373 g/mol. The first kappa shape index (κ1) is 19.5. The van der Waals surface area contributed by atoms with Crippen LogP contribution in [0.15, 0.2) is 18.2 Å². The molecule has 0 bridgehead atoms. The van der Waals surface area contributed by atoms with Crippen LogP contribution in [-0.2, 0) is 4.79 Å². The lowest BCUT2D eigenvalue weighted by molar-refractivity contribution is -0.121. The number of rotatable bonds is 5. The maximum Gasteiger partial charge on any atom is 0.241 e. The van der Waals surface area contributed by atoms with Gasteiger partial charge in [-0.1, -0.05) is 23.2 Å². The van der Waals surface area contributed by atoms with Gasteiger partial charge in [0.05, 0.1) is 22.4 Å². The fourth-order valence-corrected chi connectivity index (χ4v) is 3.19. The van der Waals surface area contributed by atoms with Crippen LogP contribution in [0.2, 0.25) is 10.0 Å². The highest BCUT2D eigenvalue weighted by Crippen LogP contribution is 2.25. The SMILES string of the molecule is CC(C(=O)Nc1cc(Cl)ccc1Cl)N1CCN(CC(C)(C)O)CC1. The molecule has 1 aromatic rings. The first-order valence-electron chi connectivity index (χ1n) is 8.10. The van der Waals surface area contributed by atoms with E-state index in [2.05, 4.69) is 15.1 Å². The van der Waals surface area contributed by atoms with Crippen LogP contribution in [0.25, 0.3) is 0 Å². The average molecular weight is 374 g/mol. The van der Waals surface area contributed by atoms with Gasteiger partial charge >= 0.3 is 0 Å². The number of anilines is 1. The summed E-state index contributed by atoms with van der Waals surface area (Å²) in [5, 5.41) is 13.7. The Bertz CT molecular complexity index is 582. The summed E-state index contributed by atoms with van der Waals surface area (Å²) in [5.74, 6) is -0.102. The molecule has 0 spiro atoms. The maximum atomic E-state index is 12.5. The largest absolute Gasteiger partial charge is 0.389 e. The average Bonchev–Trinajstić information content (AvgIpc) is 2.49. The fraction of sp³-hybridized carbons (Fsp3) is 0.588. The highest BCUT2D eigenvalue weighted by Gasteiger charge is 2.28. The zero-order chi connectivity index (χ0) is 17.9. The second-order valence-corrected chi connectivity index (χ2v) is 7.76. The quantitative estimate of drug-likeness (QED) is 0.832. The molecule has 1 amide bonds. The lowest BCUT2D eigenvalue weighted by Gasteiger charge is -2.39. The predicted molar refractivity (Wildman–Crippen MR) is 98.9 cm³/mol. The Hall–Kier alpha value is -0.850. The smallest absolute Gasteiger partial charge is 0.241 e. The van der Waals surface area contributed by atoms with Gasteiger partial charge in [-0.2, -0.15) is 0 Å². The summed E-state index contributed by atoms with van der Waals surface area (Å²) in [6.45, 7) is 9.38. The van der Waals surface area contributed by atoms with E-state index < -0.39 is 5.60 Å². The topological polar surface area (TPSA) is 55.8 Å². The number of β-amino-alcohol motifs (C(OH)–C–C–N with tert-alkyl or cyclic N) is 1. The normalized spacial score (nSPS) is 18.4. The second-order valence-electron chi connectivity index (χ2n) is 6.91. The molecule has 0 aliphatic carbocycles. The molecular formula is C17H25Cl2N3O2. The van der Waals surface area contributed by atoms with Gasteiger partial charge in [0.15, 0.2) is 0 Å².